The molecular formula is C44H32Br2S2. The SMILES string of the molecule is Cc1ccc(C2(c3ccc(C)cc3)c3cc4c(cc3-c3sc(Br)cc32)-c2sc(Br)cc2C4(c2ccc(C)cc2)c2ccc(C)cc2)cc1. The van der Waals surface area contributed by atoms with Gasteiger partial charge in [-0.1, -0.05) is 125 Å². The smallest absolute Gasteiger partial charge is 0.0722 e. The van der Waals surface area contributed by atoms with Crippen LogP contribution in [0, 0.1) is 27.7 Å². The van der Waals surface area contributed by atoms with Gasteiger partial charge in [0.2, 0.25) is 0 Å². The third-order valence-electron chi connectivity index (χ3n) is 10.6. The summed E-state index contributed by atoms with van der Waals surface area (Å²) in [5.41, 5.74) is 17.4. The van der Waals surface area contributed by atoms with Gasteiger partial charge in [0.25, 0.3) is 0 Å². The van der Waals surface area contributed by atoms with E-state index in [0.717, 1.165) is 7.57 Å². The molecule has 7 aromatic rings. The first-order valence-electron chi connectivity index (χ1n) is 16.3. The summed E-state index contributed by atoms with van der Waals surface area (Å²) in [4.78, 5) is 2.70. The molecule has 0 spiro atoms. The van der Waals surface area contributed by atoms with Gasteiger partial charge in [0.1, 0.15) is 0 Å². The standard InChI is InChI=1S/C44H32Br2S2/c1-25-5-13-29(14-6-25)43(30-15-7-26(2)8-16-30)35-22-36-34(21-33(35)41-37(43)23-39(45)47-41)42-38(24-40(46)48-42)44(36,31-17-9-27(3)10-18-31)32-19-11-28(4)12-20-32/h5-24H,1-4H3. The molecule has 0 N–H and O–H groups in total. The van der Waals surface area contributed by atoms with E-state index in [1.54, 1.807) is 0 Å². The Morgan fingerprint density at radius 1 is 0.375 bits per heavy atom. The topological polar surface area (TPSA) is 0 Å². The van der Waals surface area contributed by atoms with E-state index in [4.69, 9.17) is 0 Å². The molecule has 234 valence electrons. The summed E-state index contributed by atoms with van der Waals surface area (Å²) >= 11 is 11.6. The van der Waals surface area contributed by atoms with Crippen molar-refractivity contribution in [1.29, 1.82) is 0 Å². The Bertz CT molecular complexity index is 2110. The maximum Gasteiger partial charge on any atom is 0.0722 e. The molecule has 0 fully saturated rings. The lowest BCUT2D eigenvalue weighted by molar-refractivity contribution is 0.744. The maximum absolute atomic E-state index is 3.93. The van der Waals surface area contributed by atoms with E-state index >= 15 is 0 Å². The number of fused-ring (bicyclic) bond motifs is 6. The van der Waals surface area contributed by atoms with Gasteiger partial charge < -0.3 is 0 Å². The molecule has 0 unspecified atom stereocenters. The molecular weight excluding hydrogens is 752 g/mol. The van der Waals surface area contributed by atoms with Gasteiger partial charge in [0.05, 0.1) is 18.4 Å². The van der Waals surface area contributed by atoms with Crippen LogP contribution in [0.3, 0.4) is 0 Å². The second-order valence-electron chi connectivity index (χ2n) is 13.5. The van der Waals surface area contributed by atoms with Gasteiger partial charge in [0, 0.05) is 9.75 Å². The highest BCUT2D eigenvalue weighted by Gasteiger charge is 2.52. The summed E-state index contributed by atoms with van der Waals surface area (Å²) < 4.78 is 2.32. The van der Waals surface area contributed by atoms with Crippen LogP contribution in [0.2, 0.25) is 0 Å². The third kappa shape index (κ3) is 4.16. The summed E-state index contributed by atoms with van der Waals surface area (Å²) in [5, 5.41) is 0. The number of benzene rings is 5. The number of thiophene rings is 2. The zero-order valence-corrected chi connectivity index (χ0v) is 31.9. The van der Waals surface area contributed by atoms with Crippen LogP contribution in [-0.2, 0) is 10.8 Å². The maximum atomic E-state index is 3.93. The van der Waals surface area contributed by atoms with Crippen LogP contribution in [0.4, 0.5) is 0 Å². The van der Waals surface area contributed by atoms with Crippen molar-refractivity contribution in [2.24, 2.45) is 0 Å². The zero-order valence-electron chi connectivity index (χ0n) is 27.1. The molecule has 0 saturated carbocycles. The van der Waals surface area contributed by atoms with E-state index in [0.29, 0.717) is 0 Å². The summed E-state index contributed by atoms with van der Waals surface area (Å²) in [6, 6.07) is 46.9. The molecule has 0 bridgehead atoms. The molecule has 4 heteroatoms. The fourth-order valence-electron chi connectivity index (χ4n) is 8.36. The Hall–Kier alpha value is -3.54. The Kier molecular flexibility index (Phi) is 6.98. The van der Waals surface area contributed by atoms with Gasteiger partial charge in [0.15, 0.2) is 0 Å². The first kappa shape index (κ1) is 30.5. The van der Waals surface area contributed by atoms with Crippen molar-refractivity contribution in [3.8, 4) is 20.9 Å². The largest absolute Gasteiger partial charge is 0.128 e. The van der Waals surface area contributed by atoms with Crippen LogP contribution >= 0.6 is 54.5 Å². The van der Waals surface area contributed by atoms with Crippen LogP contribution in [0.1, 0.15) is 66.8 Å². The molecule has 0 amide bonds. The van der Waals surface area contributed by atoms with E-state index in [-0.39, 0.29) is 0 Å². The highest BCUT2D eigenvalue weighted by Crippen LogP contribution is 2.65. The van der Waals surface area contributed by atoms with Gasteiger partial charge in [-0.3, -0.25) is 0 Å². The predicted octanol–water partition coefficient (Wildman–Crippen LogP) is 13.3. The van der Waals surface area contributed by atoms with E-state index in [2.05, 4.69) is 181 Å². The Labute approximate surface area is 307 Å². The van der Waals surface area contributed by atoms with Gasteiger partial charge in [-0.05, 0) is 133 Å². The lowest BCUT2D eigenvalue weighted by Crippen LogP contribution is -2.31. The van der Waals surface area contributed by atoms with Crippen LogP contribution in [0.25, 0.3) is 20.9 Å². The van der Waals surface area contributed by atoms with Crippen LogP contribution in [-0.4, -0.2) is 0 Å². The molecule has 0 nitrogen and oxygen atoms in total. The first-order chi connectivity index (χ1) is 23.2. The van der Waals surface area contributed by atoms with Crippen molar-refractivity contribution in [1.82, 2.24) is 0 Å². The minimum atomic E-state index is -0.466. The average molecular weight is 785 g/mol. The predicted molar refractivity (Wildman–Crippen MR) is 211 cm³/mol. The second-order valence-corrected chi connectivity index (χ2v) is 18.4. The molecule has 48 heavy (non-hydrogen) atoms. The molecule has 0 radical (unpaired) electrons. The van der Waals surface area contributed by atoms with Crippen molar-refractivity contribution in [2.75, 3.05) is 0 Å². The number of halogens is 2. The normalized spacial score (nSPS) is 14.8. The second kappa shape index (κ2) is 11.0. The van der Waals surface area contributed by atoms with Crippen LogP contribution < -0.4 is 0 Å². The molecule has 2 aliphatic carbocycles. The minimum Gasteiger partial charge on any atom is -0.128 e. The van der Waals surface area contributed by atoms with Crippen molar-refractivity contribution >= 4 is 54.5 Å². The van der Waals surface area contributed by atoms with Gasteiger partial charge >= 0.3 is 0 Å². The van der Waals surface area contributed by atoms with Crippen molar-refractivity contribution in [2.45, 2.75) is 38.5 Å². The average Bonchev–Trinajstić information content (AvgIpc) is 3.79. The summed E-state index contributed by atoms with van der Waals surface area (Å²) in [6.07, 6.45) is 0. The highest BCUT2D eigenvalue weighted by molar-refractivity contribution is 9.11. The number of hydrogen-bond acceptors (Lipinski definition) is 2. The van der Waals surface area contributed by atoms with E-state index in [9.17, 15) is 0 Å². The Morgan fingerprint density at radius 3 is 0.958 bits per heavy atom. The third-order valence-corrected chi connectivity index (χ3v) is 13.9. The van der Waals surface area contributed by atoms with E-state index in [1.807, 2.05) is 22.7 Å². The van der Waals surface area contributed by atoms with E-state index < -0.39 is 10.8 Å². The van der Waals surface area contributed by atoms with Gasteiger partial charge in [-0.15, -0.1) is 22.7 Å². The molecule has 2 heterocycles. The van der Waals surface area contributed by atoms with Crippen LogP contribution in [0.5, 0.6) is 0 Å². The highest BCUT2D eigenvalue weighted by atomic mass is 79.9. The number of rotatable bonds is 4. The fourth-order valence-corrected chi connectivity index (χ4v) is 11.7. The van der Waals surface area contributed by atoms with Gasteiger partial charge in [-0.25, -0.2) is 0 Å². The van der Waals surface area contributed by atoms with Crippen LogP contribution in [0.15, 0.2) is 129 Å². The quantitative estimate of drug-likeness (QED) is 0.167. The molecule has 0 saturated heterocycles. The lowest BCUT2D eigenvalue weighted by Gasteiger charge is -2.36. The summed E-state index contributed by atoms with van der Waals surface area (Å²) in [5.74, 6) is 0. The van der Waals surface area contributed by atoms with Crippen molar-refractivity contribution in [3.05, 3.63) is 196 Å². The van der Waals surface area contributed by atoms with Crippen molar-refractivity contribution in [3.63, 3.8) is 0 Å². The van der Waals surface area contributed by atoms with Gasteiger partial charge in [-0.2, -0.15) is 0 Å². The molecule has 9 rings (SSSR count). The monoisotopic (exact) mass is 782 g/mol. The number of hydrogen-bond donors (Lipinski definition) is 0. The lowest BCUT2D eigenvalue weighted by atomic mass is 9.64. The molecule has 0 atom stereocenters. The minimum absolute atomic E-state index is 0.466. The zero-order chi connectivity index (χ0) is 32.9. The molecule has 5 aromatic carbocycles. The Balaban J connectivity index is 1.46. The fraction of sp³-hybridized carbons (Fsp3) is 0.136. The Morgan fingerprint density at radius 2 is 0.667 bits per heavy atom. The van der Waals surface area contributed by atoms with Crippen molar-refractivity contribution < 1.29 is 0 Å². The molecule has 0 aliphatic heterocycles. The molecule has 2 aromatic heterocycles. The summed E-state index contributed by atoms with van der Waals surface area (Å²) in [6.45, 7) is 8.72. The number of aryl methyl sites for hydroxylation is 4. The van der Waals surface area contributed by atoms with E-state index in [1.165, 1.54) is 87.6 Å². The molecule has 2 aliphatic rings. The summed E-state index contributed by atoms with van der Waals surface area (Å²) in [7, 11) is 0. The first-order valence-corrected chi connectivity index (χ1v) is 19.5.